The fraction of sp³-hybridized carbons (Fsp3) is 0.714. The minimum atomic E-state index is 1.17. The Bertz CT molecular complexity index is 291. The summed E-state index contributed by atoms with van der Waals surface area (Å²) in [6, 6.07) is 2.29. The molecule has 1 rings (SSSR count). The number of aromatic nitrogens is 1. The minimum Gasteiger partial charge on any atom is -0.351 e. The molecule has 0 atom stereocenters. The molecular formula is C14H25NS. The molecule has 1 aromatic heterocycles. The minimum absolute atomic E-state index is 1.17. The van der Waals surface area contributed by atoms with E-state index in [1.54, 1.807) is 0 Å². The number of nitrogens with zero attached hydrogens (tertiary/aromatic N) is 1. The van der Waals surface area contributed by atoms with E-state index in [1.807, 2.05) is 0 Å². The average Bonchev–Trinajstić information content (AvgIpc) is 2.62. The SMILES string of the molecule is CCCCSCCn1ccc(CCC)c1C. The quantitative estimate of drug-likeness (QED) is 0.613. The largest absolute Gasteiger partial charge is 0.351 e. The van der Waals surface area contributed by atoms with Crippen molar-refractivity contribution >= 4 is 11.8 Å². The fourth-order valence-electron chi connectivity index (χ4n) is 1.88. The van der Waals surface area contributed by atoms with Crippen molar-refractivity contribution in [1.29, 1.82) is 0 Å². The third-order valence-corrected chi connectivity index (χ3v) is 4.04. The van der Waals surface area contributed by atoms with Gasteiger partial charge in [-0.25, -0.2) is 0 Å². The molecule has 0 saturated heterocycles. The molecule has 0 aliphatic rings. The highest BCUT2D eigenvalue weighted by molar-refractivity contribution is 7.99. The highest BCUT2D eigenvalue weighted by atomic mass is 32.2. The van der Waals surface area contributed by atoms with E-state index in [-0.39, 0.29) is 0 Å². The molecular weight excluding hydrogens is 214 g/mol. The van der Waals surface area contributed by atoms with Gasteiger partial charge in [0, 0.05) is 24.2 Å². The van der Waals surface area contributed by atoms with Crippen LogP contribution in [0.1, 0.15) is 44.4 Å². The van der Waals surface area contributed by atoms with Gasteiger partial charge in [0.1, 0.15) is 0 Å². The van der Waals surface area contributed by atoms with Gasteiger partial charge in [-0.1, -0.05) is 26.7 Å². The second-order valence-electron chi connectivity index (χ2n) is 4.34. The summed E-state index contributed by atoms with van der Waals surface area (Å²) in [6.45, 7) is 7.93. The van der Waals surface area contributed by atoms with E-state index in [1.165, 1.54) is 55.0 Å². The lowest BCUT2D eigenvalue weighted by Gasteiger charge is -2.07. The Balaban J connectivity index is 2.31. The van der Waals surface area contributed by atoms with Gasteiger partial charge >= 0.3 is 0 Å². The molecule has 0 fully saturated rings. The topological polar surface area (TPSA) is 4.93 Å². The third-order valence-electron chi connectivity index (χ3n) is 2.99. The van der Waals surface area contributed by atoms with Crippen LogP contribution in [-0.2, 0) is 13.0 Å². The first kappa shape index (κ1) is 13.7. The molecule has 92 valence electrons. The first-order chi connectivity index (χ1) is 7.79. The third kappa shape index (κ3) is 4.25. The summed E-state index contributed by atoms with van der Waals surface area (Å²) >= 11 is 2.08. The van der Waals surface area contributed by atoms with Crippen LogP contribution in [0.4, 0.5) is 0 Å². The van der Waals surface area contributed by atoms with Crippen molar-refractivity contribution in [2.75, 3.05) is 11.5 Å². The number of thioether (sulfide) groups is 1. The van der Waals surface area contributed by atoms with Crippen molar-refractivity contribution in [2.24, 2.45) is 0 Å². The first-order valence-electron chi connectivity index (χ1n) is 6.52. The molecule has 16 heavy (non-hydrogen) atoms. The normalized spacial score (nSPS) is 10.9. The van der Waals surface area contributed by atoms with E-state index in [2.05, 4.69) is 49.4 Å². The Kier molecular flexibility index (Phi) is 6.70. The standard InChI is InChI=1S/C14H25NS/c1-4-6-11-16-12-10-15-9-8-14(7-5-2)13(15)3/h8-9H,4-7,10-12H2,1-3H3. The lowest BCUT2D eigenvalue weighted by molar-refractivity contribution is 0.741. The predicted octanol–water partition coefficient (Wildman–Crippen LogP) is 4.28. The van der Waals surface area contributed by atoms with Crippen LogP contribution < -0.4 is 0 Å². The first-order valence-corrected chi connectivity index (χ1v) is 7.67. The Labute approximate surface area is 105 Å². The van der Waals surface area contributed by atoms with Gasteiger partial charge in [-0.3, -0.25) is 0 Å². The fourth-order valence-corrected chi connectivity index (χ4v) is 2.91. The van der Waals surface area contributed by atoms with Crippen LogP contribution in [-0.4, -0.2) is 16.1 Å². The molecule has 0 bridgehead atoms. The number of rotatable bonds is 8. The molecule has 0 saturated carbocycles. The maximum Gasteiger partial charge on any atom is 0.0313 e. The van der Waals surface area contributed by atoms with Crippen molar-refractivity contribution in [2.45, 2.75) is 53.0 Å². The van der Waals surface area contributed by atoms with Crippen LogP contribution in [0.15, 0.2) is 12.3 Å². The molecule has 0 aliphatic heterocycles. The number of aryl methyl sites for hydroxylation is 2. The molecule has 0 radical (unpaired) electrons. The Morgan fingerprint density at radius 1 is 1.19 bits per heavy atom. The van der Waals surface area contributed by atoms with E-state index < -0.39 is 0 Å². The zero-order chi connectivity index (χ0) is 11.8. The van der Waals surface area contributed by atoms with Crippen molar-refractivity contribution in [3.8, 4) is 0 Å². The van der Waals surface area contributed by atoms with E-state index in [9.17, 15) is 0 Å². The zero-order valence-corrected chi connectivity index (χ0v) is 11.8. The maximum atomic E-state index is 2.41. The summed E-state index contributed by atoms with van der Waals surface area (Å²) in [5, 5.41) is 0. The van der Waals surface area contributed by atoms with Crippen LogP contribution in [0.5, 0.6) is 0 Å². The highest BCUT2D eigenvalue weighted by Gasteiger charge is 2.03. The van der Waals surface area contributed by atoms with Gasteiger partial charge in [0.15, 0.2) is 0 Å². The highest BCUT2D eigenvalue weighted by Crippen LogP contribution is 2.13. The van der Waals surface area contributed by atoms with E-state index in [0.29, 0.717) is 0 Å². The second kappa shape index (κ2) is 7.83. The van der Waals surface area contributed by atoms with Crippen molar-refractivity contribution in [3.05, 3.63) is 23.5 Å². The van der Waals surface area contributed by atoms with Crippen LogP contribution in [0.3, 0.4) is 0 Å². The second-order valence-corrected chi connectivity index (χ2v) is 5.56. The molecule has 0 N–H and O–H groups in total. The van der Waals surface area contributed by atoms with Gasteiger partial charge in [0.05, 0.1) is 0 Å². The molecule has 0 amide bonds. The van der Waals surface area contributed by atoms with Crippen LogP contribution in [0, 0.1) is 6.92 Å². The Hall–Kier alpha value is -0.370. The molecule has 1 nitrogen and oxygen atoms in total. The molecule has 2 heteroatoms. The van der Waals surface area contributed by atoms with Crippen LogP contribution >= 0.6 is 11.8 Å². The van der Waals surface area contributed by atoms with Gasteiger partial charge < -0.3 is 4.57 Å². The Morgan fingerprint density at radius 2 is 2.00 bits per heavy atom. The summed E-state index contributed by atoms with van der Waals surface area (Å²) in [7, 11) is 0. The summed E-state index contributed by atoms with van der Waals surface area (Å²) in [5.74, 6) is 2.57. The van der Waals surface area contributed by atoms with Gasteiger partial charge in [-0.15, -0.1) is 0 Å². The van der Waals surface area contributed by atoms with E-state index in [4.69, 9.17) is 0 Å². The zero-order valence-electron chi connectivity index (χ0n) is 11.0. The van der Waals surface area contributed by atoms with Gasteiger partial charge in [-0.2, -0.15) is 11.8 Å². The molecule has 0 aromatic carbocycles. The van der Waals surface area contributed by atoms with Gasteiger partial charge in [0.25, 0.3) is 0 Å². The van der Waals surface area contributed by atoms with Gasteiger partial charge in [-0.05, 0) is 37.1 Å². The van der Waals surface area contributed by atoms with Crippen molar-refractivity contribution in [1.82, 2.24) is 4.57 Å². The molecule has 1 heterocycles. The summed E-state index contributed by atoms with van der Waals surface area (Å²) in [6.07, 6.45) is 7.39. The summed E-state index contributed by atoms with van der Waals surface area (Å²) in [4.78, 5) is 0. The Morgan fingerprint density at radius 3 is 2.69 bits per heavy atom. The number of hydrogen-bond acceptors (Lipinski definition) is 1. The average molecular weight is 239 g/mol. The molecule has 1 aromatic rings. The number of hydrogen-bond donors (Lipinski definition) is 0. The smallest absolute Gasteiger partial charge is 0.0313 e. The van der Waals surface area contributed by atoms with Crippen molar-refractivity contribution < 1.29 is 0 Å². The molecule has 0 unspecified atom stereocenters. The van der Waals surface area contributed by atoms with Crippen molar-refractivity contribution in [3.63, 3.8) is 0 Å². The lowest BCUT2D eigenvalue weighted by atomic mass is 10.1. The van der Waals surface area contributed by atoms with E-state index in [0.717, 1.165) is 0 Å². The molecule has 0 spiro atoms. The monoisotopic (exact) mass is 239 g/mol. The summed E-state index contributed by atoms with van der Waals surface area (Å²) < 4.78 is 2.41. The number of unbranched alkanes of at least 4 members (excludes halogenated alkanes) is 1. The maximum absolute atomic E-state index is 2.41. The van der Waals surface area contributed by atoms with Gasteiger partial charge in [0.2, 0.25) is 0 Å². The lowest BCUT2D eigenvalue weighted by Crippen LogP contribution is -2.02. The van der Waals surface area contributed by atoms with Crippen LogP contribution in [0.25, 0.3) is 0 Å². The summed E-state index contributed by atoms with van der Waals surface area (Å²) in [5.41, 5.74) is 3.00. The van der Waals surface area contributed by atoms with E-state index >= 15 is 0 Å². The predicted molar refractivity (Wildman–Crippen MR) is 75.4 cm³/mol. The molecule has 0 aliphatic carbocycles. The van der Waals surface area contributed by atoms with Crippen LogP contribution in [0.2, 0.25) is 0 Å².